The zero-order valence-corrected chi connectivity index (χ0v) is 11.6. The Kier molecular flexibility index (Phi) is 7.88. The van der Waals surface area contributed by atoms with E-state index in [2.05, 4.69) is 5.32 Å². The van der Waals surface area contributed by atoms with Gasteiger partial charge >= 0.3 is 0 Å². The molecular formula is C11H22Cl2F2N2. The molecule has 104 valence electrons. The van der Waals surface area contributed by atoms with Crippen LogP contribution in [0.25, 0.3) is 0 Å². The Labute approximate surface area is 114 Å². The molecule has 0 aromatic carbocycles. The lowest BCUT2D eigenvalue weighted by Crippen LogP contribution is -2.37. The molecule has 1 atom stereocenters. The number of rotatable bonds is 3. The van der Waals surface area contributed by atoms with Crippen LogP contribution in [0.2, 0.25) is 0 Å². The van der Waals surface area contributed by atoms with E-state index in [1.165, 1.54) is 19.3 Å². The number of alkyl halides is 2. The summed E-state index contributed by atoms with van der Waals surface area (Å²) in [6.07, 6.45) is 4.83. The lowest BCUT2D eigenvalue weighted by molar-refractivity contribution is 0.0118. The molecule has 17 heavy (non-hydrogen) atoms. The van der Waals surface area contributed by atoms with Gasteiger partial charge in [-0.25, -0.2) is 8.78 Å². The lowest BCUT2D eigenvalue weighted by atomic mass is 10.0. The monoisotopic (exact) mass is 290 g/mol. The molecule has 2 fully saturated rings. The topological polar surface area (TPSA) is 15.3 Å². The second-order valence-corrected chi connectivity index (χ2v) is 4.82. The van der Waals surface area contributed by atoms with Crippen molar-refractivity contribution in [2.24, 2.45) is 0 Å². The largest absolute Gasteiger partial charge is 0.314 e. The summed E-state index contributed by atoms with van der Waals surface area (Å²) >= 11 is 0. The van der Waals surface area contributed by atoms with Crippen LogP contribution in [0, 0.1) is 0 Å². The second-order valence-electron chi connectivity index (χ2n) is 4.82. The van der Waals surface area contributed by atoms with E-state index in [9.17, 15) is 8.78 Å². The second kappa shape index (κ2) is 7.72. The Bertz CT molecular complexity index is 212. The number of piperidine rings is 1. The van der Waals surface area contributed by atoms with Crippen LogP contribution in [-0.2, 0) is 0 Å². The van der Waals surface area contributed by atoms with E-state index in [-0.39, 0.29) is 37.8 Å². The fourth-order valence-electron chi connectivity index (χ4n) is 2.51. The molecule has 2 saturated heterocycles. The van der Waals surface area contributed by atoms with Gasteiger partial charge in [0.25, 0.3) is 5.92 Å². The van der Waals surface area contributed by atoms with Gasteiger partial charge in [0.05, 0.1) is 6.54 Å². The van der Waals surface area contributed by atoms with Crippen LogP contribution < -0.4 is 5.32 Å². The first-order valence-corrected chi connectivity index (χ1v) is 5.99. The van der Waals surface area contributed by atoms with E-state index >= 15 is 0 Å². The third-order valence-corrected chi connectivity index (χ3v) is 3.45. The van der Waals surface area contributed by atoms with E-state index in [1.54, 1.807) is 0 Å². The molecule has 0 aliphatic carbocycles. The van der Waals surface area contributed by atoms with Crippen molar-refractivity contribution in [2.75, 3.05) is 26.2 Å². The van der Waals surface area contributed by atoms with Crippen molar-refractivity contribution in [1.29, 1.82) is 0 Å². The minimum Gasteiger partial charge on any atom is -0.314 e. The Morgan fingerprint density at radius 3 is 2.53 bits per heavy atom. The first-order chi connectivity index (χ1) is 7.16. The molecular weight excluding hydrogens is 269 g/mol. The van der Waals surface area contributed by atoms with E-state index in [1.807, 2.05) is 4.90 Å². The molecule has 6 heteroatoms. The number of nitrogens with one attached hydrogen (secondary N) is 1. The maximum absolute atomic E-state index is 12.9. The number of nitrogens with zero attached hydrogens (tertiary/aromatic N) is 1. The zero-order chi connectivity index (χ0) is 10.7. The van der Waals surface area contributed by atoms with Gasteiger partial charge in [-0.2, -0.15) is 0 Å². The lowest BCUT2D eigenvalue weighted by Gasteiger charge is -2.25. The van der Waals surface area contributed by atoms with Crippen LogP contribution in [-0.4, -0.2) is 43.0 Å². The average molecular weight is 291 g/mol. The highest BCUT2D eigenvalue weighted by Crippen LogP contribution is 2.27. The van der Waals surface area contributed by atoms with Crippen molar-refractivity contribution in [3.8, 4) is 0 Å². The van der Waals surface area contributed by atoms with Gasteiger partial charge < -0.3 is 5.32 Å². The fourth-order valence-corrected chi connectivity index (χ4v) is 2.51. The summed E-state index contributed by atoms with van der Waals surface area (Å²) in [5.74, 6) is -2.43. The fraction of sp³-hybridized carbons (Fsp3) is 1.00. The number of hydrogen-bond acceptors (Lipinski definition) is 2. The van der Waals surface area contributed by atoms with Crippen LogP contribution in [0.3, 0.4) is 0 Å². The maximum Gasteiger partial charge on any atom is 0.261 e. The quantitative estimate of drug-likeness (QED) is 0.860. The molecule has 2 aliphatic heterocycles. The molecule has 2 rings (SSSR count). The van der Waals surface area contributed by atoms with Crippen molar-refractivity contribution in [3.05, 3.63) is 0 Å². The number of likely N-dealkylation sites (tertiary alicyclic amines) is 1. The standard InChI is InChI=1S/C11H20F2N2.2ClH/c12-11(13)5-8-15(9-11)7-4-10-3-1-2-6-14-10;;/h10,14H,1-9H2;2*1H. The maximum atomic E-state index is 12.9. The first kappa shape index (κ1) is 17.4. The molecule has 2 aliphatic rings. The molecule has 0 amide bonds. The molecule has 2 nitrogen and oxygen atoms in total. The van der Waals surface area contributed by atoms with Crippen LogP contribution in [0.1, 0.15) is 32.1 Å². The van der Waals surface area contributed by atoms with Crippen molar-refractivity contribution < 1.29 is 8.78 Å². The summed E-state index contributed by atoms with van der Waals surface area (Å²) < 4.78 is 25.8. The summed E-state index contributed by atoms with van der Waals surface area (Å²) in [6.45, 7) is 2.47. The summed E-state index contributed by atoms with van der Waals surface area (Å²) in [6, 6.07) is 0.563. The van der Waals surface area contributed by atoms with Crippen molar-refractivity contribution in [1.82, 2.24) is 10.2 Å². The van der Waals surface area contributed by atoms with Gasteiger partial charge in [-0.3, -0.25) is 4.90 Å². The molecule has 0 bridgehead atoms. The number of halogens is 4. The van der Waals surface area contributed by atoms with Crippen LogP contribution >= 0.6 is 24.8 Å². The highest BCUT2D eigenvalue weighted by atomic mass is 35.5. The van der Waals surface area contributed by atoms with Gasteiger partial charge in [0, 0.05) is 19.0 Å². The molecule has 1 unspecified atom stereocenters. The van der Waals surface area contributed by atoms with E-state index in [0.29, 0.717) is 12.6 Å². The van der Waals surface area contributed by atoms with Crippen LogP contribution in [0.15, 0.2) is 0 Å². The summed E-state index contributed by atoms with van der Waals surface area (Å²) in [7, 11) is 0. The van der Waals surface area contributed by atoms with Gasteiger partial charge in [-0.1, -0.05) is 6.42 Å². The number of hydrogen-bond donors (Lipinski definition) is 1. The highest BCUT2D eigenvalue weighted by Gasteiger charge is 2.37. The van der Waals surface area contributed by atoms with Crippen molar-refractivity contribution in [3.63, 3.8) is 0 Å². The molecule has 0 aromatic heterocycles. The molecule has 2 heterocycles. The average Bonchev–Trinajstić information content (AvgIpc) is 2.57. The van der Waals surface area contributed by atoms with E-state index in [0.717, 1.165) is 19.5 Å². The predicted molar refractivity (Wildman–Crippen MR) is 70.8 cm³/mol. The van der Waals surface area contributed by atoms with Crippen LogP contribution in [0.5, 0.6) is 0 Å². The summed E-state index contributed by atoms with van der Waals surface area (Å²) in [5, 5.41) is 3.45. The summed E-state index contributed by atoms with van der Waals surface area (Å²) in [4.78, 5) is 1.90. The Morgan fingerprint density at radius 2 is 2.00 bits per heavy atom. The minimum absolute atomic E-state index is 0. The van der Waals surface area contributed by atoms with Gasteiger partial charge in [0.15, 0.2) is 0 Å². The molecule has 0 radical (unpaired) electrons. The van der Waals surface area contributed by atoms with Gasteiger partial charge in [-0.15, -0.1) is 24.8 Å². The third-order valence-electron chi connectivity index (χ3n) is 3.45. The zero-order valence-electron chi connectivity index (χ0n) is 9.96. The normalized spacial score (nSPS) is 28.2. The smallest absolute Gasteiger partial charge is 0.261 e. The van der Waals surface area contributed by atoms with E-state index in [4.69, 9.17) is 0 Å². The molecule has 0 spiro atoms. The molecule has 0 saturated carbocycles. The SMILES string of the molecule is Cl.Cl.FC1(F)CCN(CCC2CCCCN2)C1. The Morgan fingerprint density at radius 1 is 1.24 bits per heavy atom. The molecule has 0 aromatic rings. The minimum atomic E-state index is -2.43. The van der Waals surface area contributed by atoms with Crippen molar-refractivity contribution in [2.45, 2.75) is 44.1 Å². The van der Waals surface area contributed by atoms with Gasteiger partial charge in [0.2, 0.25) is 0 Å². The van der Waals surface area contributed by atoms with E-state index < -0.39 is 5.92 Å². The first-order valence-electron chi connectivity index (χ1n) is 5.99. The van der Waals surface area contributed by atoms with Crippen molar-refractivity contribution >= 4 is 24.8 Å². The third kappa shape index (κ3) is 5.69. The predicted octanol–water partition coefficient (Wildman–Crippen LogP) is 2.70. The highest BCUT2D eigenvalue weighted by molar-refractivity contribution is 5.85. The summed E-state index contributed by atoms with van der Waals surface area (Å²) in [5.41, 5.74) is 0. The Balaban J connectivity index is 0.00000128. The van der Waals surface area contributed by atoms with Crippen LogP contribution in [0.4, 0.5) is 8.78 Å². The molecule has 1 N–H and O–H groups in total. The van der Waals surface area contributed by atoms with Gasteiger partial charge in [0.1, 0.15) is 0 Å². The Hall–Kier alpha value is 0.360. The van der Waals surface area contributed by atoms with Gasteiger partial charge in [-0.05, 0) is 32.4 Å².